The number of amides is 1. The van der Waals surface area contributed by atoms with Crippen LogP contribution in [0.15, 0.2) is 41.3 Å². The Labute approximate surface area is 161 Å². The Morgan fingerprint density at radius 1 is 1.07 bits per heavy atom. The van der Waals surface area contributed by atoms with Crippen molar-refractivity contribution in [1.29, 1.82) is 0 Å². The zero-order valence-corrected chi connectivity index (χ0v) is 17.2. The van der Waals surface area contributed by atoms with E-state index in [0.717, 1.165) is 11.1 Å². The van der Waals surface area contributed by atoms with Crippen LogP contribution in [0.2, 0.25) is 0 Å². The maximum Gasteiger partial charge on any atom is 0.256 e. The minimum absolute atomic E-state index is 0.114. The molecule has 0 unspecified atom stereocenters. The maximum atomic E-state index is 12.8. The molecule has 0 heterocycles. The van der Waals surface area contributed by atoms with Gasteiger partial charge < -0.3 is 10.1 Å². The Bertz CT molecular complexity index is 935. The molecule has 0 fully saturated rings. The summed E-state index contributed by atoms with van der Waals surface area (Å²) in [6.07, 6.45) is 0. The lowest BCUT2D eigenvalue weighted by Gasteiger charge is -2.20. The Hall–Kier alpha value is -2.38. The van der Waals surface area contributed by atoms with E-state index in [2.05, 4.69) is 5.32 Å². The zero-order chi connectivity index (χ0) is 20.2. The van der Waals surface area contributed by atoms with E-state index in [1.54, 1.807) is 26.0 Å². The SMILES string of the molecule is CCN(CC)S(=O)(=O)c1ccc(OC)c(NC(=O)c2ccc(C)cc2C)c1. The Balaban J connectivity index is 2.42. The third kappa shape index (κ3) is 4.48. The van der Waals surface area contributed by atoms with Crippen molar-refractivity contribution in [3.8, 4) is 5.75 Å². The highest BCUT2D eigenvalue weighted by atomic mass is 32.2. The average Bonchev–Trinajstić information content (AvgIpc) is 2.62. The highest BCUT2D eigenvalue weighted by Gasteiger charge is 2.23. The van der Waals surface area contributed by atoms with Crippen LogP contribution in [0.25, 0.3) is 0 Å². The minimum atomic E-state index is -3.64. The van der Waals surface area contributed by atoms with Gasteiger partial charge in [-0.15, -0.1) is 0 Å². The van der Waals surface area contributed by atoms with Crippen LogP contribution in [0.5, 0.6) is 5.75 Å². The van der Waals surface area contributed by atoms with E-state index in [1.807, 2.05) is 26.0 Å². The van der Waals surface area contributed by atoms with Gasteiger partial charge in [0.1, 0.15) is 5.75 Å². The van der Waals surface area contributed by atoms with Gasteiger partial charge >= 0.3 is 0 Å². The van der Waals surface area contributed by atoms with Gasteiger partial charge in [-0.1, -0.05) is 31.5 Å². The van der Waals surface area contributed by atoms with E-state index >= 15 is 0 Å². The molecule has 146 valence electrons. The molecular weight excluding hydrogens is 364 g/mol. The quantitative estimate of drug-likeness (QED) is 0.784. The summed E-state index contributed by atoms with van der Waals surface area (Å²) >= 11 is 0. The van der Waals surface area contributed by atoms with E-state index in [9.17, 15) is 13.2 Å². The van der Waals surface area contributed by atoms with Crippen molar-refractivity contribution < 1.29 is 17.9 Å². The standard InChI is InChI=1S/C20H26N2O4S/c1-6-22(7-2)27(24,25)16-9-11-19(26-5)18(13-16)21-20(23)17-10-8-14(3)12-15(17)4/h8-13H,6-7H2,1-5H3,(H,21,23). The molecular formula is C20H26N2O4S. The minimum Gasteiger partial charge on any atom is -0.495 e. The smallest absolute Gasteiger partial charge is 0.256 e. The van der Waals surface area contributed by atoms with E-state index in [4.69, 9.17) is 4.74 Å². The van der Waals surface area contributed by atoms with E-state index in [-0.39, 0.29) is 10.8 Å². The van der Waals surface area contributed by atoms with Crippen molar-refractivity contribution in [2.24, 2.45) is 0 Å². The molecule has 0 saturated carbocycles. The fraction of sp³-hybridized carbons (Fsp3) is 0.350. The number of nitrogens with one attached hydrogen (secondary N) is 1. The van der Waals surface area contributed by atoms with Crippen molar-refractivity contribution in [3.63, 3.8) is 0 Å². The van der Waals surface area contributed by atoms with Gasteiger partial charge in [0.15, 0.2) is 0 Å². The molecule has 0 aromatic heterocycles. The van der Waals surface area contributed by atoms with Crippen molar-refractivity contribution in [2.75, 3.05) is 25.5 Å². The number of rotatable bonds is 7. The number of hydrogen-bond acceptors (Lipinski definition) is 4. The number of ether oxygens (including phenoxy) is 1. The predicted octanol–water partition coefficient (Wildman–Crippen LogP) is 3.59. The monoisotopic (exact) mass is 390 g/mol. The molecule has 0 aliphatic carbocycles. The van der Waals surface area contributed by atoms with Crippen LogP contribution in [0.4, 0.5) is 5.69 Å². The molecule has 2 aromatic carbocycles. The van der Waals surface area contributed by atoms with Gasteiger partial charge in [-0.05, 0) is 43.7 Å². The van der Waals surface area contributed by atoms with Crippen molar-refractivity contribution in [2.45, 2.75) is 32.6 Å². The summed E-state index contributed by atoms with van der Waals surface area (Å²) in [5.41, 5.74) is 2.75. The number of nitrogens with zero attached hydrogens (tertiary/aromatic N) is 1. The van der Waals surface area contributed by atoms with Gasteiger partial charge in [0.25, 0.3) is 5.91 Å². The zero-order valence-electron chi connectivity index (χ0n) is 16.4. The van der Waals surface area contributed by atoms with Crippen LogP contribution >= 0.6 is 0 Å². The summed E-state index contributed by atoms with van der Waals surface area (Å²) in [5.74, 6) is 0.0785. The second kappa shape index (κ2) is 8.54. The fourth-order valence-corrected chi connectivity index (χ4v) is 4.40. The van der Waals surface area contributed by atoms with Gasteiger partial charge in [-0.3, -0.25) is 4.79 Å². The van der Waals surface area contributed by atoms with Crippen LogP contribution in [0.3, 0.4) is 0 Å². The lowest BCUT2D eigenvalue weighted by Crippen LogP contribution is -2.30. The molecule has 7 heteroatoms. The second-order valence-electron chi connectivity index (χ2n) is 6.22. The molecule has 0 atom stereocenters. The molecule has 0 saturated heterocycles. The number of methoxy groups -OCH3 is 1. The topological polar surface area (TPSA) is 75.7 Å². The first-order valence-corrected chi connectivity index (χ1v) is 10.2. The number of carbonyl (C=O) groups is 1. The molecule has 1 amide bonds. The Kier molecular flexibility index (Phi) is 6.62. The van der Waals surface area contributed by atoms with Gasteiger partial charge in [0.2, 0.25) is 10.0 Å². The molecule has 2 rings (SSSR count). The van der Waals surface area contributed by atoms with Crippen LogP contribution in [-0.2, 0) is 10.0 Å². The first-order valence-electron chi connectivity index (χ1n) is 8.81. The van der Waals surface area contributed by atoms with Gasteiger partial charge in [0.05, 0.1) is 17.7 Å². The molecule has 1 N–H and O–H groups in total. The Morgan fingerprint density at radius 2 is 1.74 bits per heavy atom. The summed E-state index contributed by atoms with van der Waals surface area (Å²) in [6, 6.07) is 10.0. The molecule has 0 aliphatic heterocycles. The fourth-order valence-electron chi connectivity index (χ4n) is 2.92. The summed E-state index contributed by atoms with van der Waals surface area (Å²) in [7, 11) is -2.16. The lowest BCUT2D eigenvalue weighted by molar-refractivity contribution is 0.102. The first kappa shape index (κ1) is 20.9. The number of carbonyl (C=O) groups excluding carboxylic acids is 1. The summed E-state index contributed by atoms with van der Waals surface area (Å²) in [4.78, 5) is 12.8. The van der Waals surface area contributed by atoms with E-state index in [0.29, 0.717) is 30.1 Å². The highest BCUT2D eigenvalue weighted by Crippen LogP contribution is 2.29. The van der Waals surface area contributed by atoms with Crippen LogP contribution in [0, 0.1) is 13.8 Å². The van der Waals surface area contributed by atoms with E-state index < -0.39 is 10.0 Å². The lowest BCUT2D eigenvalue weighted by atomic mass is 10.1. The maximum absolute atomic E-state index is 12.8. The number of anilines is 1. The third-order valence-electron chi connectivity index (χ3n) is 4.39. The van der Waals surface area contributed by atoms with Crippen molar-refractivity contribution in [3.05, 3.63) is 53.1 Å². The molecule has 0 radical (unpaired) electrons. The molecule has 0 aliphatic rings. The number of aryl methyl sites for hydroxylation is 2. The average molecular weight is 391 g/mol. The molecule has 0 bridgehead atoms. The van der Waals surface area contributed by atoms with Gasteiger partial charge in [-0.25, -0.2) is 8.42 Å². The van der Waals surface area contributed by atoms with Crippen LogP contribution in [-0.4, -0.2) is 38.8 Å². The molecule has 0 spiro atoms. The van der Waals surface area contributed by atoms with Gasteiger partial charge in [0, 0.05) is 18.7 Å². The summed E-state index contributed by atoms with van der Waals surface area (Å²) in [5, 5.41) is 2.78. The number of hydrogen-bond donors (Lipinski definition) is 1. The van der Waals surface area contributed by atoms with Crippen LogP contribution < -0.4 is 10.1 Å². The van der Waals surface area contributed by atoms with E-state index in [1.165, 1.54) is 23.5 Å². The Morgan fingerprint density at radius 3 is 2.30 bits per heavy atom. The third-order valence-corrected chi connectivity index (χ3v) is 6.43. The predicted molar refractivity (Wildman–Crippen MR) is 107 cm³/mol. The number of sulfonamides is 1. The highest BCUT2D eigenvalue weighted by molar-refractivity contribution is 7.89. The summed E-state index contributed by atoms with van der Waals surface area (Å²) in [6.45, 7) is 8.13. The molecule has 6 nitrogen and oxygen atoms in total. The van der Waals surface area contributed by atoms with Crippen molar-refractivity contribution in [1.82, 2.24) is 4.31 Å². The van der Waals surface area contributed by atoms with Crippen LogP contribution in [0.1, 0.15) is 35.3 Å². The summed E-state index contributed by atoms with van der Waals surface area (Å²) < 4.78 is 32.2. The normalized spacial score (nSPS) is 11.5. The molecule has 2 aromatic rings. The van der Waals surface area contributed by atoms with Crippen molar-refractivity contribution >= 4 is 21.6 Å². The second-order valence-corrected chi connectivity index (χ2v) is 8.16. The van der Waals surface area contributed by atoms with Gasteiger partial charge in [-0.2, -0.15) is 4.31 Å². The first-order chi connectivity index (χ1) is 12.7. The number of benzene rings is 2. The largest absolute Gasteiger partial charge is 0.495 e. The molecule has 27 heavy (non-hydrogen) atoms.